The molecule has 0 saturated heterocycles. The summed E-state index contributed by atoms with van der Waals surface area (Å²) in [5.74, 6) is 1.87. The molecule has 0 saturated carbocycles. The van der Waals surface area contributed by atoms with Gasteiger partial charge in [0.05, 0.1) is 0 Å². The molecule has 0 fully saturated rings. The molecule has 0 N–H and O–H groups in total. The van der Waals surface area contributed by atoms with Gasteiger partial charge < -0.3 is 0 Å². The van der Waals surface area contributed by atoms with E-state index in [4.69, 9.17) is 0 Å². The Hall–Kier alpha value is 0.217. The Balaban J connectivity index is 3.73. The minimum atomic E-state index is -0.367. The Labute approximate surface area is 86.7 Å². The summed E-state index contributed by atoms with van der Waals surface area (Å²) in [5.41, 5.74) is 0. The van der Waals surface area contributed by atoms with E-state index in [1.54, 1.807) is 18.1 Å². The third-order valence-corrected chi connectivity index (χ3v) is 7.02. The van der Waals surface area contributed by atoms with Gasteiger partial charge >= 0.3 is 0 Å². The predicted octanol–water partition coefficient (Wildman–Crippen LogP) is 4.33. The molecular formula is C12H28Si. The van der Waals surface area contributed by atoms with Crippen molar-refractivity contribution in [1.82, 2.24) is 0 Å². The molecule has 0 aromatic carbocycles. The van der Waals surface area contributed by atoms with Gasteiger partial charge in [0.2, 0.25) is 0 Å². The van der Waals surface area contributed by atoms with Crippen LogP contribution in [0.5, 0.6) is 0 Å². The van der Waals surface area contributed by atoms with E-state index in [1.807, 2.05) is 0 Å². The third-order valence-electron chi connectivity index (χ3n) is 2.58. The maximum Gasteiger partial charge on any atom is 0.0372 e. The van der Waals surface area contributed by atoms with Crippen molar-refractivity contribution in [2.75, 3.05) is 0 Å². The van der Waals surface area contributed by atoms with E-state index in [0.717, 1.165) is 11.8 Å². The minimum Gasteiger partial charge on any atom is -0.0654 e. The van der Waals surface area contributed by atoms with Gasteiger partial charge in [-0.25, -0.2) is 0 Å². The Bertz CT molecular complexity index is 97.7. The lowest BCUT2D eigenvalue weighted by Crippen LogP contribution is -2.17. The molecule has 0 aliphatic heterocycles. The summed E-state index contributed by atoms with van der Waals surface area (Å²) >= 11 is 0. The zero-order valence-corrected chi connectivity index (χ0v) is 11.4. The molecule has 0 bridgehead atoms. The van der Waals surface area contributed by atoms with Crippen LogP contribution in [0.4, 0.5) is 0 Å². The van der Waals surface area contributed by atoms with Gasteiger partial charge in [0, 0.05) is 8.80 Å². The topological polar surface area (TPSA) is 0 Å². The highest BCUT2D eigenvalue weighted by atomic mass is 28.3. The maximum absolute atomic E-state index is 2.38. The molecule has 0 heterocycles. The molecule has 0 aliphatic carbocycles. The number of rotatable bonds is 7. The third kappa shape index (κ3) is 8.54. The Morgan fingerprint density at radius 3 is 1.69 bits per heavy atom. The van der Waals surface area contributed by atoms with Crippen LogP contribution in [0, 0.1) is 11.8 Å². The van der Waals surface area contributed by atoms with Crippen molar-refractivity contribution in [2.24, 2.45) is 11.8 Å². The lowest BCUT2D eigenvalue weighted by molar-refractivity contribution is 0.682. The zero-order valence-electron chi connectivity index (χ0n) is 10.3. The summed E-state index contributed by atoms with van der Waals surface area (Å²) in [7, 11) is -0.367. The second-order valence-corrected chi connectivity index (χ2v) is 8.52. The van der Waals surface area contributed by atoms with Crippen molar-refractivity contribution >= 4 is 8.80 Å². The highest BCUT2D eigenvalue weighted by Gasteiger charge is 2.13. The van der Waals surface area contributed by atoms with Crippen LogP contribution < -0.4 is 0 Å². The van der Waals surface area contributed by atoms with Crippen molar-refractivity contribution in [3.8, 4) is 0 Å². The van der Waals surface area contributed by atoms with Gasteiger partial charge in [-0.15, -0.1) is 0 Å². The van der Waals surface area contributed by atoms with Crippen molar-refractivity contribution in [3.63, 3.8) is 0 Å². The first-order valence-corrected chi connectivity index (χ1v) is 8.51. The van der Waals surface area contributed by atoms with Crippen LogP contribution in [0.3, 0.4) is 0 Å². The fraction of sp³-hybridized carbons (Fsp3) is 1.00. The van der Waals surface area contributed by atoms with E-state index in [0.29, 0.717) is 0 Å². The second-order valence-electron chi connectivity index (χ2n) is 5.27. The molecule has 13 heavy (non-hydrogen) atoms. The van der Waals surface area contributed by atoms with Gasteiger partial charge in [0.1, 0.15) is 0 Å². The Kier molecular flexibility index (Phi) is 7.73. The largest absolute Gasteiger partial charge is 0.0654 e. The van der Waals surface area contributed by atoms with Crippen molar-refractivity contribution < 1.29 is 0 Å². The molecule has 0 nitrogen and oxygen atoms in total. The molecule has 0 aromatic heterocycles. The maximum atomic E-state index is 2.38. The SMILES string of the molecule is CCCC[SiH](CC(C)C)CC(C)C. The summed E-state index contributed by atoms with van der Waals surface area (Å²) in [6.45, 7) is 11.8. The van der Waals surface area contributed by atoms with Gasteiger partial charge in [-0.3, -0.25) is 0 Å². The molecule has 0 aliphatic rings. The average Bonchev–Trinajstić information content (AvgIpc) is 1.98. The van der Waals surface area contributed by atoms with E-state index < -0.39 is 0 Å². The van der Waals surface area contributed by atoms with E-state index in [-0.39, 0.29) is 8.80 Å². The minimum absolute atomic E-state index is 0.367. The number of unbranched alkanes of at least 4 members (excludes halogenated alkanes) is 1. The lowest BCUT2D eigenvalue weighted by atomic mass is 10.3. The summed E-state index contributed by atoms with van der Waals surface area (Å²) in [5, 5.41) is 0. The van der Waals surface area contributed by atoms with Crippen LogP contribution in [-0.2, 0) is 0 Å². The average molecular weight is 200 g/mol. The van der Waals surface area contributed by atoms with Crippen LogP contribution in [0.2, 0.25) is 18.1 Å². The first kappa shape index (κ1) is 13.2. The van der Waals surface area contributed by atoms with E-state index in [1.165, 1.54) is 12.8 Å². The summed E-state index contributed by atoms with van der Waals surface area (Å²) in [6.07, 6.45) is 2.87. The fourth-order valence-electron chi connectivity index (χ4n) is 2.16. The smallest absolute Gasteiger partial charge is 0.0372 e. The normalized spacial score (nSPS) is 12.0. The molecule has 0 spiro atoms. The quantitative estimate of drug-likeness (QED) is 0.537. The number of hydrogen-bond acceptors (Lipinski definition) is 0. The zero-order chi connectivity index (χ0) is 10.3. The predicted molar refractivity (Wildman–Crippen MR) is 66.2 cm³/mol. The fourth-order valence-corrected chi connectivity index (χ4v) is 6.47. The molecule has 0 radical (unpaired) electrons. The van der Waals surface area contributed by atoms with Gasteiger partial charge in [-0.1, -0.05) is 65.6 Å². The molecule has 1 heteroatoms. The van der Waals surface area contributed by atoms with E-state index >= 15 is 0 Å². The van der Waals surface area contributed by atoms with E-state index in [9.17, 15) is 0 Å². The van der Waals surface area contributed by atoms with Crippen LogP contribution in [0.25, 0.3) is 0 Å². The van der Waals surface area contributed by atoms with Crippen molar-refractivity contribution in [1.29, 1.82) is 0 Å². The van der Waals surface area contributed by atoms with E-state index in [2.05, 4.69) is 34.6 Å². The van der Waals surface area contributed by atoms with Crippen LogP contribution >= 0.6 is 0 Å². The molecule has 0 atom stereocenters. The molecular weight excluding hydrogens is 172 g/mol. The first-order valence-electron chi connectivity index (χ1n) is 6.06. The van der Waals surface area contributed by atoms with Crippen LogP contribution in [0.1, 0.15) is 47.5 Å². The van der Waals surface area contributed by atoms with Gasteiger partial charge in [0.15, 0.2) is 0 Å². The monoisotopic (exact) mass is 200 g/mol. The standard InChI is InChI=1S/C12H28Si/c1-6-7-8-13(9-11(2)3)10-12(4)5/h11-13H,6-10H2,1-5H3. The van der Waals surface area contributed by atoms with Crippen molar-refractivity contribution in [2.45, 2.75) is 65.6 Å². The number of hydrogen-bond donors (Lipinski definition) is 0. The molecule has 0 unspecified atom stereocenters. The summed E-state index contributed by atoms with van der Waals surface area (Å²) < 4.78 is 0. The Morgan fingerprint density at radius 2 is 1.38 bits per heavy atom. The van der Waals surface area contributed by atoms with Crippen LogP contribution in [-0.4, -0.2) is 8.80 Å². The molecule has 80 valence electrons. The highest BCUT2D eigenvalue weighted by molar-refractivity contribution is 6.58. The molecule has 0 amide bonds. The van der Waals surface area contributed by atoms with Crippen LogP contribution in [0.15, 0.2) is 0 Å². The molecule has 0 aromatic rings. The lowest BCUT2D eigenvalue weighted by Gasteiger charge is -2.19. The van der Waals surface area contributed by atoms with Gasteiger partial charge in [-0.2, -0.15) is 0 Å². The highest BCUT2D eigenvalue weighted by Crippen LogP contribution is 2.19. The summed E-state index contributed by atoms with van der Waals surface area (Å²) in [6, 6.07) is 4.73. The van der Waals surface area contributed by atoms with Gasteiger partial charge in [0.25, 0.3) is 0 Å². The second kappa shape index (κ2) is 7.60. The molecule has 0 rings (SSSR count). The Morgan fingerprint density at radius 1 is 0.923 bits per heavy atom. The van der Waals surface area contributed by atoms with Crippen molar-refractivity contribution in [3.05, 3.63) is 0 Å². The van der Waals surface area contributed by atoms with Gasteiger partial charge in [-0.05, 0) is 11.8 Å². The first-order chi connectivity index (χ1) is 6.06. The summed E-state index contributed by atoms with van der Waals surface area (Å²) in [4.78, 5) is 0.